The first kappa shape index (κ1) is 19.0. The Bertz CT molecular complexity index is 674. The molecule has 1 unspecified atom stereocenters. The molecular weight excluding hydrogens is 344 g/mol. The van der Waals surface area contributed by atoms with Crippen LogP contribution in [0.3, 0.4) is 0 Å². The first-order chi connectivity index (χ1) is 11.9. The lowest BCUT2D eigenvalue weighted by Crippen LogP contribution is -2.35. The monoisotopic (exact) mass is 364 g/mol. The molecule has 0 radical (unpaired) electrons. The maximum Gasteiger partial charge on any atom is 0.322 e. The van der Waals surface area contributed by atoms with E-state index in [0.717, 1.165) is 41.5 Å². The fourth-order valence-corrected chi connectivity index (χ4v) is 3.41. The Morgan fingerprint density at radius 1 is 1.24 bits per heavy atom. The average Bonchev–Trinajstić information content (AvgIpc) is 2.85. The fraction of sp³-hybridized carbons (Fsp3) is 0.412. The number of thioether (sulfide) groups is 1. The van der Waals surface area contributed by atoms with Crippen molar-refractivity contribution in [1.82, 2.24) is 5.32 Å². The number of unbranched alkanes of at least 4 members (excludes halogenated alkanes) is 1. The Labute approximate surface area is 149 Å². The van der Waals surface area contributed by atoms with E-state index in [-0.39, 0.29) is 6.42 Å². The van der Waals surface area contributed by atoms with Gasteiger partial charge in [0, 0.05) is 6.42 Å². The molecule has 1 aromatic carbocycles. The topological polar surface area (TPSA) is 104 Å². The number of amides is 3. The summed E-state index contributed by atoms with van der Waals surface area (Å²) in [4.78, 5) is 47.8. The van der Waals surface area contributed by atoms with Gasteiger partial charge in [0.1, 0.15) is 11.8 Å². The highest BCUT2D eigenvalue weighted by Crippen LogP contribution is 2.33. The van der Waals surface area contributed by atoms with Crippen LogP contribution in [0.1, 0.15) is 31.7 Å². The summed E-state index contributed by atoms with van der Waals surface area (Å²) in [5.74, 6) is -2.20. The first-order valence-corrected chi connectivity index (χ1v) is 8.92. The molecule has 0 bridgehead atoms. The zero-order chi connectivity index (χ0) is 18.4. The largest absolute Gasteiger partial charge is 0.480 e. The fourth-order valence-electron chi connectivity index (χ4n) is 2.43. The maximum atomic E-state index is 12.4. The van der Waals surface area contributed by atoms with Gasteiger partial charge >= 0.3 is 5.97 Å². The number of nitrogens with zero attached hydrogens (tertiary/aromatic N) is 1. The van der Waals surface area contributed by atoms with Crippen molar-refractivity contribution in [2.75, 3.05) is 11.4 Å². The highest BCUT2D eigenvalue weighted by Gasteiger charge is 2.41. The highest BCUT2D eigenvalue weighted by atomic mass is 32.2. The van der Waals surface area contributed by atoms with E-state index in [2.05, 4.69) is 12.2 Å². The Morgan fingerprint density at radius 3 is 2.52 bits per heavy atom. The minimum absolute atomic E-state index is 0.229. The predicted octanol–water partition coefficient (Wildman–Crippen LogP) is 2.19. The van der Waals surface area contributed by atoms with Gasteiger partial charge in [-0.25, -0.2) is 4.90 Å². The number of carbonyl (C=O) groups is 4. The number of carbonyl (C=O) groups excluding carboxylic acids is 3. The molecule has 7 nitrogen and oxygen atoms in total. The van der Waals surface area contributed by atoms with Crippen LogP contribution in [-0.2, 0) is 20.8 Å². The van der Waals surface area contributed by atoms with Crippen molar-refractivity contribution < 1.29 is 24.3 Å². The summed E-state index contributed by atoms with van der Waals surface area (Å²) >= 11 is 0.786. The van der Waals surface area contributed by atoms with Gasteiger partial charge in [0.05, 0.1) is 5.69 Å². The van der Waals surface area contributed by atoms with E-state index < -0.39 is 34.8 Å². The SMILES string of the molecule is CCCCc1ccc(N2C(=O)SC(CC(=O)NCC(=O)O)C2=O)cc1. The van der Waals surface area contributed by atoms with Crippen LogP contribution in [0.25, 0.3) is 0 Å². The predicted molar refractivity (Wildman–Crippen MR) is 94.6 cm³/mol. The lowest BCUT2D eigenvalue weighted by atomic mass is 10.1. The molecule has 134 valence electrons. The lowest BCUT2D eigenvalue weighted by molar-refractivity contribution is -0.137. The number of carboxylic acid groups (broad SMARTS) is 1. The smallest absolute Gasteiger partial charge is 0.322 e. The molecule has 1 aliphatic heterocycles. The molecule has 3 amide bonds. The van der Waals surface area contributed by atoms with Crippen molar-refractivity contribution in [3.05, 3.63) is 29.8 Å². The third-order valence-electron chi connectivity index (χ3n) is 3.74. The average molecular weight is 364 g/mol. The number of anilines is 1. The molecule has 0 saturated carbocycles. The lowest BCUT2D eigenvalue weighted by Gasteiger charge is -2.14. The van der Waals surface area contributed by atoms with Gasteiger partial charge in [0.25, 0.3) is 5.24 Å². The van der Waals surface area contributed by atoms with Crippen LogP contribution in [0.5, 0.6) is 0 Å². The summed E-state index contributed by atoms with van der Waals surface area (Å²) in [6.45, 7) is 1.60. The number of hydrogen-bond acceptors (Lipinski definition) is 5. The van der Waals surface area contributed by atoms with E-state index in [1.165, 1.54) is 0 Å². The molecule has 8 heteroatoms. The Hall–Kier alpha value is -2.35. The van der Waals surface area contributed by atoms with E-state index >= 15 is 0 Å². The molecule has 1 atom stereocenters. The minimum atomic E-state index is -1.17. The molecule has 0 spiro atoms. The van der Waals surface area contributed by atoms with Gasteiger partial charge in [-0.15, -0.1) is 0 Å². The first-order valence-electron chi connectivity index (χ1n) is 8.04. The zero-order valence-corrected chi connectivity index (χ0v) is 14.7. The standard InChI is InChI=1S/C17H20N2O5S/c1-2-3-4-11-5-7-12(8-6-11)19-16(23)13(25-17(19)24)9-14(20)18-10-15(21)22/h5-8,13H,2-4,9-10H2,1H3,(H,18,20)(H,21,22). The van der Waals surface area contributed by atoms with Crippen LogP contribution in [-0.4, -0.2) is 39.9 Å². The number of nitrogens with one attached hydrogen (secondary N) is 1. The van der Waals surface area contributed by atoms with Gasteiger partial charge in [-0.05, 0) is 42.3 Å². The summed E-state index contributed by atoms with van der Waals surface area (Å²) in [7, 11) is 0. The second kappa shape index (κ2) is 8.66. The summed E-state index contributed by atoms with van der Waals surface area (Å²) < 4.78 is 0. The van der Waals surface area contributed by atoms with Gasteiger partial charge in [-0.1, -0.05) is 25.5 Å². The molecular formula is C17H20N2O5S. The van der Waals surface area contributed by atoms with Crippen LogP contribution in [0.4, 0.5) is 10.5 Å². The summed E-state index contributed by atoms with van der Waals surface area (Å²) in [5.41, 5.74) is 1.62. The maximum absolute atomic E-state index is 12.4. The molecule has 0 aromatic heterocycles. The normalized spacial score (nSPS) is 17.0. The Morgan fingerprint density at radius 2 is 1.92 bits per heavy atom. The Balaban J connectivity index is 2.00. The van der Waals surface area contributed by atoms with E-state index in [1.54, 1.807) is 12.1 Å². The molecule has 2 N–H and O–H groups in total. The zero-order valence-electron chi connectivity index (χ0n) is 13.9. The van der Waals surface area contributed by atoms with Gasteiger partial charge in [-0.3, -0.25) is 19.2 Å². The number of rotatable bonds is 8. The van der Waals surface area contributed by atoms with E-state index in [4.69, 9.17) is 5.11 Å². The van der Waals surface area contributed by atoms with Crippen molar-refractivity contribution >= 4 is 40.5 Å². The van der Waals surface area contributed by atoms with Crippen LogP contribution in [0.15, 0.2) is 24.3 Å². The summed E-state index contributed by atoms with van der Waals surface area (Å²) in [5, 5.41) is 9.47. The summed E-state index contributed by atoms with van der Waals surface area (Å²) in [6, 6.07) is 7.24. The van der Waals surface area contributed by atoms with Gasteiger partial charge in [-0.2, -0.15) is 0 Å². The molecule has 0 aliphatic carbocycles. The van der Waals surface area contributed by atoms with Gasteiger partial charge < -0.3 is 10.4 Å². The van der Waals surface area contributed by atoms with E-state index in [9.17, 15) is 19.2 Å². The quantitative estimate of drug-likeness (QED) is 0.733. The molecule has 1 fully saturated rings. The second-order valence-corrected chi connectivity index (χ2v) is 6.84. The molecule has 1 saturated heterocycles. The van der Waals surface area contributed by atoms with Crippen LogP contribution in [0, 0.1) is 0 Å². The number of aryl methyl sites for hydroxylation is 1. The van der Waals surface area contributed by atoms with E-state index in [0.29, 0.717) is 5.69 Å². The van der Waals surface area contributed by atoms with Crippen LogP contribution < -0.4 is 10.2 Å². The third kappa shape index (κ3) is 5.06. The number of hydrogen-bond donors (Lipinski definition) is 2. The number of aliphatic carboxylic acids is 1. The molecule has 1 aromatic rings. The van der Waals surface area contributed by atoms with Crippen molar-refractivity contribution in [3.8, 4) is 0 Å². The van der Waals surface area contributed by atoms with Gasteiger partial charge in [0.2, 0.25) is 11.8 Å². The van der Waals surface area contributed by atoms with Crippen molar-refractivity contribution in [1.29, 1.82) is 0 Å². The highest BCUT2D eigenvalue weighted by molar-refractivity contribution is 8.15. The molecule has 25 heavy (non-hydrogen) atoms. The van der Waals surface area contributed by atoms with E-state index in [1.807, 2.05) is 12.1 Å². The molecule has 2 rings (SSSR count). The number of carboxylic acids is 1. The van der Waals surface area contributed by atoms with Crippen LogP contribution in [0.2, 0.25) is 0 Å². The van der Waals surface area contributed by atoms with Crippen LogP contribution >= 0.6 is 11.8 Å². The third-order valence-corrected chi connectivity index (χ3v) is 4.78. The molecule has 1 aliphatic rings. The van der Waals surface area contributed by atoms with Crippen molar-refractivity contribution in [2.45, 2.75) is 37.9 Å². The van der Waals surface area contributed by atoms with Gasteiger partial charge in [0.15, 0.2) is 0 Å². The van der Waals surface area contributed by atoms with Crippen molar-refractivity contribution in [3.63, 3.8) is 0 Å². The van der Waals surface area contributed by atoms with Crippen molar-refractivity contribution in [2.24, 2.45) is 0 Å². The second-order valence-electron chi connectivity index (χ2n) is 5.69. The number of imide groups is 1. The Kier molecular flexibility index (Phi) is 6.58. The minimum Gasteiger partial charge on any atom is -0.480 e. The number of benzene rings is 1. The summed E-state index contributed by atoms with van der Waals surface area (Å²) in [6.07, 6.45) is 2.88. The molecule has 1 heterocycles.